The van der Waals surface area contributed by atoms with Crippen molar-refractivity contribution >= 4 is 5.91 Å². The average molecular weight is 318 g/mol. The van der Waals surface area contributed by atoms with E-state index in [9.17, 15) is 4.79 Å². The van der Waals surface area contributed by atoms with Gasteiger partial charge in [-0.25, -0.2) is 0 Å². The molecule has 0 aromatic heterocycles. The lowest BCUT2D eigenvalue weighted by atomic mass is 9.75. The van der Waals surface area contributed by atoms with Gasteiger partial charge < -0.3 is 14.8 Å². The molecule has 0 radical (unpaired) electrons. The normalized spacial score (nSPS) is 27.6. The zero-order valence-corrected chi connectivity index (χ0v) is 13.8. The number of rotatable bonds is 6. The zero-order chi connectivity index (χ0) is 16.1. The number of methoxy groups -OCH3 is 1. The third-order valence-corrected chi connectivity index (χ3v) is 4.99. The topological polar surface area (TPSA) is 50.8 Å². The standard InChI is InChI=1S/C18H26N2O3/c1-22-12-9-19-17(21)18-8-11-23-16(18)7-10-20(14-18)13-15-5-3-2-4-6-15/h2-6,16H,7-14H2,1H3,(H,19,21)/t16-,18-/m0/s1. The Hall–Kier alpha value is -1.43. The molecule has 2 heterocycles. The number of hydrogen-bond acceptors (Lipinski definition) is 4. The van der Waals surface area contributed by atoms with Crippen molar-refractivity contribution in [3.8, 4) is 0 Å². The Bertz CT molecular complexity index is 522. The minimum absolute atomic E-state index is 0.0528. The highest BCUT2D eigenvalue weighted by molar-refractivity contribution is 5.84. The number of nitrogens with zero attached hydrogens (tertiary/aromatic N) is 1. The third-order valence-electron chi connectivity index (χ3n) is 4.99. The summed E-state index contributed by atoms with van der Waals surface area (Å²) in [6.45, 7) is 4.42. The summed E-state index contributed by atoms with van der Waals surface area (Å²) in [5.41, 5.74) is 0.889. The Labute approximate surface area is 137 Å². The lowest BCUT2D eigenvalue weighted by Gasteiger charge is -2.42. The Kier molecular flexibility index (Phi) is 5.30. The molecule has 5 heteroatoms. The third kappa shape index (κ3) is 3.57. The summed E-state index contributed by atoms with van der Waals surface area (Å²) >= 11 is 0. The van der Waals surface area contributed by atoms with E-state index in [4.69, 9.17) is 9.47 Å². The van der Waals surface area contributed by atoms with Gasteiger partial charge in [-0.2, -0.15) is 0 Å². The molecule has 0 aliphatic carbocycles. The number of carbonyl (C=O) groups excluding carboxylic acids is 1. The minimum atomic E-state index is -0.402. The molecular weight excluding hydrogens is 292 g/mol. The molecule has 2 aliphatic heterocycles. The first-order chi connectivity index (χ1) is 11.2. The number of carbonyl (C=O) groups is 1. The predicted molar refractivity (Wildman–Crippen MR) is 88.0 cm³/mol. The van der Waals surface area contributed by atoms with Crippen LogP contribution in [0, 0.1) is 5.41 Å². The van der Waals surface area contributed by atoms with Crippen molar-refractivity contribution in [3.63, 3.8) is 0 Å². The van der Waals surface area contributed by atoms with Crippen LogP contribution in [0.1, 0.15) is 18.4 Å². The van der Waals surface area contributed by atoms with Gasteiger partial charge in [-0.15, -0.1) is 0 Å². The van der Waals surface area contributed by atoms with E-state index in [1.807, 2.05) is 6.07 Å². The maximum atomic E-state index is 12.8. The summed E-state index contributed by atoms with van der Waals surface area (Å²) in [5, 5.41) is 3.03. The molecule has 1 aromatic rings. The number of benzene rings is 1. The van der Waals surface area contributed by atoms with Gasteiger partial charge in [0.2, 0.25) is 5.91 Å². The summed E-state index contributed by atoms with van der Waals surface area (Å²) in [5.74, 6) is 0.120. The second-order valence-corrected chi connectivity index (χ2v) is 6.50. The number of piperidine rings is 1. The maximum Gasteiger partial charge on any atom is 0.230 e. The van der Waals surface area contributed by atoms with Gasteiger partial charge in [-0.1, -0.05) is 30.3 Å². The fourth-order valence-electron chi connectivity index (χ4n) is 3.77. The average Bonchev–Trinajstić information content (AvgIpc) is 3.00. The van der Waals surface area contributed by atoms with E-state index < -0.39 is 5.41 Å². The van der Waals surface area contributed by atoms with E-state index in [-0.39, 0.29) is 12.0 Å². The molecule has 0 bridgehead atoms. The zero-order valence-electron chi connectivity index (χ0n) is 13.8. The van der Waals surface area contributed by atoms with Gasteiger partial charge in [0.15, 0.2) is 0 Å². The van der Waals surface area contributed by atoms with Gasteiger partial charge in [0.1, 0.15) is 0 Å². The number of likely N-dealkylation sites (tertiary alicyclic amines) is 1. The van der Waals surface area contributed by atoms with Gasteiger partial charge >= 0.3 is 0 Å². The highest BCUT2D eigenvalue weighted by atomic mass is 16.5. The second kappa shape index (κ2) is 7.43. The van der Waals surface area contributed by atoms with E-state index >= 15 is 0 Å². The van der Waals surface area contributed by atoms with Crippen molar-refractivity contribution in [1.29, 1.82) is 0 Å². The summed E-state index contributed by atoms with van der Waals surface area (Å²) in [6.07, 6.45) is 1.78. The van der Waals surface area contributed by atoms with Crippen LogP contribution in [0.2, 0.25) is 0 Å². The van der Waals surface area contributed by atoms with E-state index in [1.165, 1.54) is 5.56 Å². The Morgan fingerprint density at radius 1 is 1.43 bits per heavy atom. The van der Waals surface area contributed by atoms with E-state index in [0.717, 1.165) is 32.5 Å². The van der Waals surface area contributed by atoms with Crippen LogP contribution in [0.5, 0.6) is 0 Å². The first kappa shape index (κ1) is 16.4. The molecule has 2 saturated heterocycles. The molecular formula is C18H26N2O3. The monoisotopic (exact) mass is 318 g/mol. The summed E-state index contributed by atoms with van der Waals surface area (Å²) < 4.78 is 10.9. The molecule has 2 fully saturated rings. The van der Waals surface area contributed by atoms with Gasteiger partial charge in [0.25, 0.3) is 0 Å². The smallest absolute Gasteiger partial charge is 0.230 e. The van der Waals surface area contributed by atoms with Crippen LogP contribution in [0.15, 0.2) is 30.3 Å². The van der Waals surface area contributed by atoms with Crippen LogP contribution in [-0.2, 0) is 20.8 Å². The van der Waals surface area contributed by atoms with E-state index in [0.29, 0.717) is 19.8 Å². The highest BCUT2D eigenvalue weighted by Crippen LogP contribution is 2.41. The van der Waals surface area contributed by atoms with Gasteiger partial charge in [-0.3, -0.25) is 9.69 Å². The quantitative estimate of drug-likeness (QED) is 0.806. The molecule has 1 N–H and O–H groups in total. The fraction of sp³-hybridized carbons (Fsp3) is 0.611. The van der Waals surface area contributed by atoms with Crippen LogP contribution < -0.4 is 5.32 Å². The number of amides is 1. The maximum absolute atomic E-state index is 12.8. The first-order valence-electron chi connectivity index (χ1n) is 8.40. The summed E-state index contributed by atoms with van der Waals surface area (Å²) in [6, 6.07) is 10.4. The van der Waals surface area contributed by atoms with E-state index in [2.05, 4.69) is 34.5 Å². The van der Waals surface area contributed by atoms with Crippen molar-refractivity contribution in [1.82, 2.24) is 10.2 Å². The highest BCUT2D eigenvalue weighted by Gasteiger charge is 2.52. The second-order valence-electron chi connectivity index (χ2n) is 6.50. The molecule has 0 saturated carbocycles. The van der Waals surface area contributed by atoms with Crippen LogP contribution in [0.4, 0.5) is 0 Å². The first-order valence-corrected chi connectivity index (χ1v) is 8.40. The SMILES string of the molecule is COCCNC(=O)[C@]12CCO[C@H]1CCN(Cc1ccccc1)C2. The van der Waals surface area contributed by atoms with Crippen LogP contribution in [0.25, 0.3) is 0 Å². The molecule has 126 valence electrons. The van der Waals surface area contributed by atoms with Crippen LogP contribution in [0.3, 0.4) is 0 Å². The predicted octanol–water partition coefficient (Wildman–Crippen LogP) is 1.43. The number of ether oxygens (including phenoxy) is 2. The van der Waals surface area contributed by atoms with Crippen molar-refractivity contribution in [2.75, 3.05) is 40.0 Å². The Morgan fingerprint density at radius 2 is 2.26 bits per heavy atom. The molecule has 1 amide bonds. The van der Waals surface area contributed by atoms with Crippen molar-refractivity contribution < 1.29 is 14.3 Å². The molecule has 2 atom stereocenters. The lowest BCUT2D eigenvalue weighted by Crippen LogP contribution is -2.57. The Balaban J connectivity index is 1.67. The Morgan fingerprint density at radius 3 is 3.04 bits per heavy atom. The molecule has 2 aliphatic rings. The summed E-state index contributed by atoms with van der Waals surface area (Å²) in [4.78, 5) is 15.2. The van der Waals surface area contributed by atoms with Crippen LogP contribution >= 0.6 is 0 Å². The van der Waals surface area contributed by atoms with Crippen molar-refractivity contribution in [2.24, 2.45) is 5.41 Å². The van der Waals surface area contributed by atoms with Gasteiger partial charge in [-0.05, 0) is 18.4 Å². The molecule has 5 nitrogen and oxygen atoms in total. The molecule has 1 aromatic carbocycles. The number of fused-ring (bicyclic) bond motifs is 1. The van der Waals surface area contributed by atoms with Gasteiger partial charge in [0, 0.05) is 39.9 Å². The largest absolute Gasteiger partial charge is 0.383 e. The van der Waals surface area contributed by atoms with E-state index in [1.54, 1.807) is 7.11 Å². The lowest BCUT2D eigenvalue weighted by molar-refractivity contribution is -0.139. The van der Waals surface area contributed by atoms with Gasteiger partial charge in [0.05, 0.1) is 18.1 Å². The molecule has 3 rings (SSSR count). The number of hydrogen-bond donors (Lipinski definition) is 1. The number of nitrogens with one attached hydrogen (secondary N) is 1. The summed E-state index contributed by atoms with van der Waals surface area (Å²) in [7, 11) is 1.65. The fourth-order valence-corrected chi connectivity index (χ4v) is 3.77. The van der Waals surface area contributed by atoms with Crippen LogP contribution in [-0.4, -0.2) is 56.9 Å². The minimum Gasteiger partial charge on any atom is -0.383 e. The molecule has 0 unspecified atom stereocenters. The molecule has 23 heavy (non-hydrogen) atoms. The molecule has 0 spiro atoms. The van der Waals surface area contributed by atoms with Crippen molar-refractivity contribution in [3.05, 3.63) is 35.9 Å². The van der Waals surface area contributed by atoms with Crippen molar-refractivity contribution in [2.45, 2.75) is 25.5 Å².